The second-order valence-electron chi connectivity index (χ2n) is 4.88. The van der Waals surface area contributed by atoms with Crippen molar-refractivity contribution in [3.05, 3.63) is 39.6 Å². The Labute approximate surface area is 127 Å². The largest absolute Gasteiger partial charge is 0.486 e. The van der Waals surface area contributed by atoms with E-state index in [0.717, 1.165) is 17.0 Å². The molecular formula is C16H17NO3S. The second-order valence-corrected chi connectivity index (χ2v) is 6.02. The third kappa shape index (κ3) is 2.88. The molecular weight excluding hydrogens is 286 g/mol. The first-order valence-corrected chi connectivity index (χ1v) is 7.79. The number of benzene rings is 1. The number of hydrogen-bond donors (Lipinski definition) is 1. The smallest absolute Gasteiger partial charge is 0.265 e. The molecule has 4 nitrogen and oxygen atoms in total. The summed E-state index contributed by atoms with van der Waals surface area (Å²) >= 11 is 1.55. The standard InChI is InChI=1S/C16H17NO3S/c1-3-14-10(2)8-15(21-14)16(18)17-11-4-5-12-13(9-11)20-7-6-19-12/h4-5,8-9H,3,6-7H2,1-2H3,(H,17,18). The van der Waals surface area contributed by atoms with E-state index in [-0.39, 0.29) is 5.91 Å². The van der Waals surface area contributed by atoms with E-state index < -0.39 is 0 Å². The predicted molar refractivity (Wildman–Crippen MR) is 83.8 cm³/mol. The van der Waals surface area contributed by atoms with Gasteiger partial charge in [0, 0.05) is 16.6 Å². The normalized spacial score (nSPS) is 13.0. The van der Waals surface area contributed by atoms with E-state index in [2.05, 4.69) is 12.2 Å². The third-order valence-electron chi connectivity index (χ3n) is 3.37. The summed E-state index contributed by atoms with van der Waals surface area (Å²) in [5.41, 5.74) is 1.89. The highest BCUT2D eigenvalue weighted by molar-refractivity contribution is 7.14. The zero-order valence-corrected chi connectivity index (χ0v) is 12.9. The fourth-order valence-corrected chi connectivity index (χ4v) is 3.31. The van der Waals surface area contributed by atoms with Crippen molar-refractivity contribution in [3.63, 3.8) is 0 Å². The Hall–Kier alpha value is -2.01. The van der Waals surface area contributed by atoms with Crippen molar-refractivity contribution in [2.24, 2.45) is 0 Å². The van der Waals surface area contributed by atoms with Crippen molar-refractivity contribution in [1.29, 1.82) is 0 Å². The van der Waals surface area contributed by atoms with Gasteiger partial charge in [-0.3, -0.25) is 4.79 Å². The summed E-state index contributed by atoms with van der Waals surface area (Å²) in [4.78, 5) is 14.3. The van der Waals surface area contributed by atoms with E-state index in [0.29, 0.717) is 24.7 Å². The predicted octanol–water partition coefficient (Wildman–Crippen LogP) is 3.64. The monoisotopic (exact) mass is 303 g/mol. The molecule has 110 valence electrons. The van der Waals surface area contributed by atoms with Crippen LogP contribution < -0.4 is 14.8 Å². The number of carbonyl (C=O) groups excluding carboxylic acids is 1. The van der Waals surface area contributed by atoms with Crippen LogP contribution in [0.2, 0.25) is 0 Å². The molecule has 0 unspecified atom stereocenters. The number of amides is 1. The maximum Gasteiger partial charge on any atom is 0.265 e. The van der Waals surface area contributed by atoms with E-state index in [9.17, 15) is 4.79 Å². The van der Waals surface area contributed by atoms with Crippen LogP contribution in [0.4, 0.5) is 5.69 Å². The maximum atomic E-state index is 12.3. The topological polar surface area (TPSA) is 47.6 Å². The van der Waals surface area contributed by atoms with Crippen LogP contribution in [0.3, 0.4) is 0 Å². The molecule has 1 aromatic carbocycles. The molecule has 0 radical (unpaired) electrons. The maximum absolute atomic E-state index is 12.3. The zero-order valence-electron chi connectivity index (χ0n) is 12.1. The molecule has 0 bridgehead atoms. The molecule has 0 spiro atoms. The molecule has 0 aliphatic carbocycles. The van der Waals surface area contributed by atoms with Gasteiger partial charge in [-0.05, 0) is 37.1 Å². The van der Waals surface area contributed by atoms with Crippen molar-refractivity contribution in [2.45, 2.75) is 20.3 Å². The van der Waals surface area contributed by atoms with Crippen LogP contribution >= 0.6 is 11.3 Å². The van der Waals surface area contributed by atoms with Crippen molar-refractivity contribution in [3.8, 4) is 11.5 Å². The first-order valence-electron chi connectivity index (χ1n) is 6.97. The van der Waals surface area contributed by atoms with Gasteiger partial charge in [0.25, 0.3) is 5.91 Å². The number of nitrogens with one attached hydrogen (secondary N) is 1. The molecule has 0 fully saturated rings. The van der Waals surface area contributed by atoms with E-state index in [1.807, 2.05) is 25.1 Å². The SMILES string of the molecule is CCc1sc(C(=O)Nc2ccc3c(c2)OCCO3)cc1C. The molecule has 0 saturated carbocycles. The van der Waals surface area contributed by atoms with Crippen molar-refractivity contribution in [1.82, 2.24) is 0 Å². The van der Waals surface area contributed by atoms with Gasteiger partial charge in [-0.25, -0.2) is 0 Å². The van der Waals surface area contributed by atoms with Gasteiger partial charge in [-0.15, -0.1) is 11.3 Å². The van der Waals surface area contributed by atoms with Crippen molar-refractivity contribution in [2.75, 3.05) is 18.5 Å². The highest BCUT2D eigenvalue weighted by Gasteiger charge is 2.15. The van der Waals surface area contributed by atoms with Crippen LogP contribution in [0.5, 0.6) is 11.5 Å². The molecule has 1 aromatic heterocycles. The Morgan fingerprint density at radius 1 is 1.24 bits per heavy atom. The Balaban J connectivity index is 1.77. The van der Waals surface area contributed by atoms with Gasteiger partial charge in [0.05, 0.1) is 4.88 Å². The summed E-state index contributed by atoms with van der Waals surface area (Å²) in [6.45, 7) is 5.23. The summed E-state index contributed by atoms with van der Waals surface area (Å²) < 4.78 is 11.0. The molecule has 21 heavy (non-hydrogen) atoms. The summed E-state index contributed by atoms with van der Waals surface area (Å²) in [5, 5.41) is 2.91. The molecule has 1 N–H and O–H groups in total. The zero-order chi connectivity index (χ0) is 14.8. The van der Waals surface area contributed by atoms with Gasteiger partial charge >= 0.3 is 0 Å². The average molecular weight is 303 g/mol. The molecule has 2 aromatic rings. The Bertz CT molecular complexity index is 678. The number of hydrogen-bond acceptors (Lipinski definition) is 4. The quantitative estimate of drug-likeness (QED) is 0.941. The second kappa shape index (κ2) is 5.77. The van der Waals surface area contributed by atoms with Crippen LogP contribution in [0.15, 0.2) is 24.3 Å². The number of thiophene rings is 1. The average Bonchev–Trinajstić information content (AvgIpc) is 2.88. The van der Waals surface area contributed by atoms with Gasteiger partial charge < -0.3 is 14.8 Å². The molecule has 3 rings (SSSR count). The molecule has 1 aliphatic rings. The lowest BCUT2D eigenvalue weighted by Gasteiger charge is -2.18. The minimum absolute atomic E-state index is 0.0838. The molecule has 2 heterocycles. The Kier molecular flexibility index (Phi) is 3.84. The molecule has 0 atom stereocenters. The van der Waals surface area contributed by atoms with Gasteiger partial charge in [-0.1, -0.05) is 6.92 Å². The van der Waals surface area contributed by atoms with Crippen LogP contribution in [0, 0.1) is 6.92 Å². The lowest BCUT2D eigenvalue weighted by Crippen LogP contribution is -2.16. The summed E-state index contributed by atoms with van der Waals surface area (Å²) in [5.74, 6) is 1.31. The van der Waals surface area contributed by atoms with Crippen molar-refractivity contribution >= 4 is 22.9 Å². The number of anilines is 1. The van der Waals surface area contributed by atoms with Gasteiger partial charge in [0.2, 0.25) is 0 Å². The van der Waals surface area contributed by atoms with Crippen molar-refractivity contribution < 1.29 is 14.3 Å². The van der Waals surface area contributed by atoms with Crippen LogP contribution in [0.25, 0.3) is 0 Å². The summed E-state index contributed by atoms with van der Waals surface area (Å²) in [6.07, 6.45) is 0.952. The van der Waals surface area contributed by atoms with Crippen LogP contribution in [-0.4, -0.2) is 19.1 Å². The summed E-state index contributed by atoms with van der Waals surface area (Å²) in [7, 11) is 0. The number of ether oxygens (including phenoxy) is 2. The molecule has 5 heteroatoms. The number of carbonyl (C=O) groups is 1. The highest BCUT2D eigenvalue weighted by Crippen LogP contribution is 2.33. The minimum Gasteiger partial charge on any atom is -0.486 e. The lowest BCUT2D eigenvalue weighted by atomic mass is 10.2. The Morgan fingerprint density at radius 3 is 2.71 bits per heavy atom. The number of aryl methyl sites for hydroxylation is 2. The van der Waals surface area contributed by atoms with Crippen LogP contribution in [0.1, 0.15) is 27.0 Å². The molecule has 0 saturated heterocycles. The highest BCUT2D eigenvalue weighted by atomic mass is 32.1. The number of fused-ring (bicyclic) bond motifs is 1. The van der Waals surface area contributed by atoms with Gasteiger partial charge in [0.1, 0.15) is 13.2 Å². The van der Waals surface area contributed by atoms with Gasteiger partial charge in [0.15, 0.2) is 11.5 Å². The van der Waals surface area contributed by atoms with Crippen LogP contribution in [-0.2, 0) is 6.42 Å². The van der Waals surface area contributed by atoms with E-state index in [1.54, 1.807) is 17.4 Å². The Morgan fingerprint density at radius 2 is 2.00 bits per heavy atom. The summed E-state index contributed by atoms with van der Waals surface area (Å²) in [6, 6.07) is 7.39. The number of rotatable bonds is 3. The van der Waals surface area contributed by atoms with Gasteiger partial charge in [-0.2, -0.15) is 0 Å². The fourth-order valence-electron chi connectivity index (χ4n) is 2.30. The van der Waals surface area contributed by atoms with E-state index in [1.165, 1.54) is 10.4 Å². The van der Waals surface area contributed by atoms with E-state index >= 15 is 0 Å². The lowest BCUT2D eigenvalue weighted by molar-refractivity contribution is 0.103. The fraction of sp³-hybridized carbons (Fsp3) is 0.312. The molecule has 1 aliphatic heterocycles. The third-order valence-corrected chi connectivity index (χ3v) is 4.75. The minimum atomic E-state index is -0.0838. The first-order chi connectivity index (χ1) is 10.2. The first kappa shape index (κ1) is 13.9. The molecule has 1 amide bonds. The van der Waals surface area contributed by atoms with E-state index in [4.69, 9.17) is 9.47 Å².